The highest BCUT2D eigenvalue weighted by Gasteiger charge is 2.31. The van der Waals surface area contributed by atoms with Crippen molar-refractivity contribution in [2.24, 2.45) is 0 Å². The van der Waals surface area contributed by atoms with Crippen molar-refractivity contribution in [2.45, 2.75) is 35.1 Å². The van der Waals surface area contributed by atoms with Crippen LogP contribution in [-0.4, -0.2) is 122 Å². The van der Waals surface area contributed by atoms with Gasteiger partial charge in [-0.2, -0.15) is 0 Å². The van der Waals surface area contributed by atoms with E-state index in [1.54, 1.807) is 32.6 Å². The molecule has 0 radical (unpaired) electrons. The van der Waals surface area contributed by atoms with Gasteiger partial charge in [-0.1, -0.05) is 7.43 Å². The van der Waals surface area contributed by atoms with Crippen LogP contribution in [0.4, 0.5) is 0 Å². The van der Waals surface area contributed by atoms with E-state index in [4.69, 9.17) is 38.5 Å². The molecule has 0 aromatic rings. The lowest BCUT2D eigenvalue weighted by Crippen LogP contribution is -2.35. The average molecular weight is 527 g/mol. The second-order valence-corrected chi connectivity index (χ2v) is 10.4. The van der Waals surface area contributed by atoms with Crippen LogP contribution in [0.5, 0.6) is 0 Å². The molecule has 0 spiro atoms. The molecule has 0 saturated carbocycles. The smallest absolute Gasteiger partial charge is 0.344 e. The molecule has 1 aliphatic rings. The highest BCUT2D eigenvalue weighted by atomic mass is 31.2. The van der Waals surface area contributed by atoms with E-state index >= 15 is 0 Å². The van der Waals surface area contributed by atoms with E-state index in [-0.39, 0.29) is 40.1 Å². The Labute approximate surface area is 199 Å². The first kappa shape index (κ1) is 37.6. The first-order valence-electron chi connectivity index (χ1n) is 10.9. The summed E-state index contributed by atoms with van der Waals surface area (Å²) in [5, 5.41) is 33.9. The number of hydrogen-bond donors (Lipinski definition) is 4. The van der Waals surface area contributed by atoms with Crippen LogP contribution in [0.1, 0.15) is 35.1 Å². The van der Waals surface area contributed by atoms with Crippen molar-refractivity contribution < 1.29 is 47.7 Å². The minimum absolute atomic E-state index is 0. The largest absolute Gasteiger partial charge is 0.397 e. The van der Waals surface area contributed by atoms with E-state index < -0.39 is 15.2 Å². The fourth-order valence-electron chi connectivity index (χ4n) is 2.56. The molecule has 1 unspecified atom stereocenters. The zero-order valence-electron chi connectivity index (χ0n) is 19.9. The second-order valence-electron chi connectivity index (χ2n) is 6.31. The summed E-state index contributed by atoms with van der Waals surface area (Å²) in [7, 11) is -6.02. The maximum Gasteiger partial charge on any atom is 0.344 e. The van der Waals surface area contributed by atoms with Gasteiger partial charge in [-0.3, -0.25) is 18.9 Å². The molecule has 1 fully saturated rings. The van der Waals surface area contributed by atoms with Crippen LogP contribution in [0.15, 0.2) is 0 Å². The summed E-state index contributed by atoms with van der Waals surface area (Å²) >= 11 is 0. The van der Waals surface area contributed by atoms with Crippen LogP contribution in [0.3, 0.4) is 0 Å². The molecule has 12 nitrogen and oxygen atoms in total. The van der Waals surface area contributed by atoms with Crippen LogP contribution in [0, 0.1) is 0 Å². The summed E-state index contributed by atoms with van der Waals surface area (Å²) in [5.41, 5.74) is 0. The maximum absolute atomic E-state index is 12.1. The molecule has 0 aromatic heterocycles. The molecule has 33 heavy (non-hydrogen) atoms. The van der Waals surface area contributed by atoms with Crippen molar-refractivity contribution in [2.75, 3.05) is 91.6 Å². The first-order chi connectivity index (χ1) is 15.2. The predicted molar refractivity (Wildman–Crippen MR) is 130 cm³/mol. The number of β-amino-alcohol motifs (C(OH)–C–C–N with tert-alkyl or cyclic N) is 1. The predicted octanol–water partition coefficient (Wildman–Crippen LogP) is 1.63. The normalized spacial score (nSPS) is 18.6. The van der Waals surface area contributed by atoms with Gasteiger partial charge in [0.05, 0.1) is 46.2 Å². The Balaban J connectivity index is -0.000000480. The van der Waals surface area contributed by atoms with Gasteiger partial charge in [-0.15, -0.1) is 0 Å². The van der Waals surface area contributed by atoms with E-state index in [0.29, 0.717) is 58.9 Å². The molecule has 0 aromatic carbocycles. The standard InChI is InChI=1S/C9H22NO5P.C7H16NO4P.C2H6O.CH4/c1-3-14-16(13,15-4-2)9-10(5-7-11)6-8-12;1-2-11-13(10)7-8(3-5-9)4-6-12-13;1-2-3;/h11-12H,3-9H2,1-2H3;9H,2-7H2,1H3;3H,2H2,1H3;1H4. The van der Waals surface area contributed by atoms with Gasteiger partial charge in [-0.25, -0.2) is 0 Å². The third-order valence-electron chi connectivity index (χ3n) is 3.67. The van der Waals surface area contributed by atoms with Gasteiger partial charge in [0.25, 0.3) is 0 Å². The third-order valence-corrected chi connectivity index (χ3v) is 7.69. The Kier molecular flexibility index (Phi) is 27.1. The van der Waals surface area contributed by atoms with Crippen molar-refractivity contribution in [3.05, 3.63) is 0 Å². The highest BCUT2D eigenvalue weighted by molar-refractivity contribution is 7.54. The van der Waals surface area contributed by atoms with Crippen LogP contribution in [0.25, 0.3) is 0 Å². The van der Waals surface area contributed by atoms with Crippen molar-refractivity contribution in [3.8, 4) is 0 Å². The Morgan fingerprint density at radius 2 is 1.48 bits per heavy atom. The molecule has 1 atom stereocenters. The van der Waals surface area contributed by atoms with Gasteiger partial charge in [-0.05, 0) is 27.7 Å². The van der Waals surface area contributed by atoms with Crippen molar-refractivity contribution in [1.82, 2.24) is 9.80 Å². The van der Waals surface area contributed by atoms with Gasteiger partial charge in [0.15, 0.2) is 0 Å². The number of aliphatic hydroxyl groups excluding tert-OH is 4. The lowest BCUT2D eigenvalue weighted by molar-refractivity contribution is 0.120. The number of hydrogen-bond acceptors (Lipinski definition) is 12. The van der Waals surface area contributed by atoms with Gasteiger partial charge < -0.3 is 38.5 Å². The quantitative estimate of drug-likeness (QED) is 0.243. The van der Waals surface area contributed by atoms with Crippen LogP contribution < -0.4 is 0 Å². The molecule has 1 rings (SSSR count). The fraction of sp³-hybridized carbons (Fsp3) is 1.00. The molecule has 4 N–H and O–H groups in total. The molecule has 0 bridgehead atoms. The molecule has 204 valence electrons. The van der Waals surface area contributed by atoms with Gasteiger partial charge in [0.2, 0.25) is 0 Å². The number of rotatable bonds is 14. The van der Waals surface area contributed by atoms with E-state index in [0.717, 1.165) is 0 Å². The van der Waals surface area contributed by atoms with Crippen molar-refractivity contribution in [3.63, 3.8) is 0 Å². The summed E-state index contributed by atoms with van der Waals surface area (Å²) < 4.78 is 44.3. The van der Waals surface area contributed by atoms with E-state index in [9.17, 15) is 9.13 Å². The minimum Gasteiger partial charge on any atom is -0.397 e. The van der Waals surface area contributed by atoms with Gasteiger partial charge >= 0.3 is 15.2 Å². The molecular weight excluding hydrogens is 478 g/mol. The summed E-state index contributed by atoms with van der Waals surface area (Å²) in [4.78, 5) is 3.55. The Morgan fingerprint density at radius 3 is 1.88 bits per heavy atom. The molecule has 1 aliphatic heterocycles. The minimum atomic E-state index is -3.13. The highest BCUT2D eigenvalue weighted by Crippen LogP contribution is 2.50. The topological polar surface area (TPSA) is 158 Å². The number of aliphatic hydroxyl groups is 4. The van der Waals surface area contributed by atoms with Crippen molar-refractivity contribution >= 4 is 15.2 Å². The second kappa shape index (κ2) is 23.8. The van der Waals surface area contributed by atoms with Crippen LogP contribution in [0.2, 0.25) is 0 Å². The lowest BCUT2D eigenvalue weighted by atomic mass is 10.5. The maximum atomic E-state index is 12.1. The summed E-state index contributed by atoms with van der Waals surface area (Å²) in [6.07, 6.45) is 0.386. The Bertz CT molecular complexity index is 493. The molecule has 0 amide bonds. The lowest BCUT2D eigenvalue weighted by Gasteiger charge is -2.31. The van der Waals surface area contributed by atoms with E-state index in [1.807, 2.05) is 4.90 Å². The Hall–Kier alpha value is 0.0600. The van der Waals surface area contributed by atoms with Gasteiger partial charge in [0, 0.05) is 32.8 Å². The van der Waals surface area contributed by atoms with Crippen molar-refractivity contribution in [1.29, 1.82) is 0 Å². The van der Waals surface area contributed by atoms with Crippen LogP contribution >= 0.6 is 15.2 Å². The molecule has 0 aliphatic carbocycles. The molecular formula is C19H48N2O10P2. The zero-order valence-corrected chi connectivity index (χ0v) is 21.7. The first-order valence-corrected chi connectivity index (χ1v) is 14.3. The fourth-order valence-corrected chi connectivity index (χ4v) is 6.12. The monoisotopic (exact) mass is 526 g/mol. The molecule has 1 saturated heterocycles. The molecule has 1 heterocycles. The summed E-state index contributed by atoms with van der Waals surface area (Å²) in [5.74, 6) is 0. The third kappa shape index (κ3) is 20.0. The zero-order chi connectivity index (χ0) is 24.9. The van der Waals surface area contributed by atoms with E-state index in [2.05, 4.69) is 0 Å². The average Bonchev–Trinajstić information content (AvgIpc) is 2.70. The van der Waals surface area contributed by atoms with E-state index in [1.165, 1.54) is 0 Å². The SMILES string of the molecule is C.CCO.CCOP(=O)(CN(CCO)CCO)OCC.CCOP1(=O)CN(CCO)CCO1. The molecule has 14 heteroatoms. The van der Waals surface area contributed by atoms with Gasteiger partial charge in [0.1, 0.15) is 12.6 Å². The Morgan fingerprint density at radius 1 is 0.970 bits per heavy atom. The summed E-state index contributed by atoms with van der Waals surface area (Å²) in [6, 6.07) is 0. The number of nitrogens with zero attached hydrogens (tertiary/aromatic N) is 2. The summed E-state index contributed by atoms with van der Waals surface area (Å²) in [6.45, 7) is 10.5. The van der Waals surface area contributed by atoms with Crippen LogP contribution in [-0.2, 0) is 27.2 Å².